The predicted molar refractivity (Wildman–Crippen MR) is 89.5 cm³/mol. The molecule has 21 heavy (non-hydrogen) atoms. The summed E-state index contributed by atoms with van der Waals surface area (Å²) in [4.78, 5) is 1.38. The molecule has 3 heteroatoms. The Hall–Kier alpha value is -0.440. The SMILES string of the molecule is CCCCCCCC(C)(CCCC)c1ccc(C(F)F)s1. The van der Waals surface area contributed by atoms with Gasteiger partial charge in [0.05, 0.1) is 4.88 Å². The predicted octanol–water partition coefficient (Wildman–Crippen LogP) is 7.49. The van der Waals surface area contributed by atoms with Crippen molar-refractivity contribution in [3.05, 3.63) is 21.9 Å². The Labute approximate surface area is 133 Å². The molecule has 0 spiro atoms. The summed E-state index contributed by atoms with van der Waals surface area (Å²) in [5.74, 6) is 0. The molecule has 0 amide bonds. The molecule has 0 fully saturated rings. The van der Waals surface area contributed by atoms with Crippen LogP contribution in [0.5, 0.6) is 0 Å². The monoisotopic (exact) mass is 316 g/mol. The van der Waals surface area contributed by atoms with Crippen LogP contribution in [0.3, 0.4) is 0 Å². The lowest BCUT2D eigenvalue weighted by molar-refractivity contribution is 0.155. The zero-order chi connectivity index (χ0) is 15.7. The van der Waals surface area contributed by atoms with Crippen LogP contribution in [0.15, 0.2) is 12.1 Å². The van der Waals surface area contributed by atoms with Gasteiger partial charge in [0, 0.05) is 10.3 Å². The third-order valence-corrected chi connectivity index (χ3v) is 5.75. The van der Waals surface area contributed by atoms with Crippen LogP contribution in [-0.4, -0.2) is 0 Å². The first kappa shape index (κ1) is 18.6. The highest BCUT2D eigenvalue weighted by atomic mass is 32.1. The number of hydrogen-bond donors (Lipinski definition) is 0. The van der Waals surface area contributed by atoms with E-state index in [4.69, 9.17) is 0 Å². The van der Waals surface area contributed by atoms with Crippen molar-refractivity contribution in [2.45, 2.75) is 90.4 Å². The van der Waals surface area contributed by atoms with Crippen LogP contribution in [0, 0.1) is 0 Å². The van der Waals surface area contributed by atoms with Gasteiger partial charge in [0.2, 0.25) is 0 Å². The van der Waals surface area contributed by atoms with E-state index in [1.807, 2.05) is 6.07 Å². The highest BCUT2D eigenvalue weighted by molar-refractivity contribution is 7.12. The van der Waals surface area contributed by atoms with Crippen LogP contribution < -0.4 is 0 Å². The highest BCUT2D eigenvalue weighted by Crippen LogP contribution is 2.41. The molecule has 1 aromatic rings. The molecule has 1 atom stereocenters. The van der Waals surface area contributed by atoms with Crippen molar-refractivity contribution in [2.75, 3.05) is 0 Å². The number of thiophene rings is 1. The molecule has 0 N–H and O–H groups in total. The molecule has 0 aromatic carbocycles. The second kappa shape index (κ2) is 9.55. The maximum absolute atomic E-state index is 12.8. The van der Waals surface area contributed by atoms with Crippen molar-refractivity contribution in [3.8, 4) is 0 Å². The maximum Gasteiger partial charge on any atom is 0.272 e. The van der Waals surface area contributed by atoms with E-state index < -0.39 is 6.43 Å². The van der Waals surface area contributed by atoms with Gasteiger partial charge in [-0.1, -0.05) is 65.7 Å². The van der Waals surface area contributed by atoms with Gasteiger partial charge < -0.3 is 0 Å². The molecule has 0 bridgehead atoms. The summed E-state index contributed by atoms with van der Waals surface area (Å²) in [5, 5.41) is 0. The molecule has 1 rings (SSSR count). The smallest absolute Gasteiger partial charge is 0.204 e. The first-order valence-electron chi connectivity index (χ1n) is 8.42. The van der Waals surface area contributed by atoms with Gasteiger partial charge >= 0.3 is 0 Å². The van der Waals surface area contributed by atoms with E-state index in [1.165, 1.54) is 56.3 Å². The first-order valence-corrected chi connectivity index (χ1v) is 9.23. The minimum atomic E-state index is -2.33. The molecular weight excluding hydrogens is 286 g/mol. The summed E-state index contributed by atoms with van der Waals surface area (Å²) < 4.78 is 25.6. The lowest BCUT2D eigenvalue weighted by Crippen LogP contribution is -2.20. The number of unbranched alkanes of at least 4 members (excludes halogenated alkanes) is 5. The Balaban J connectivity index is 2.67. The summed E-state index contributed by atoms with van der Waals surface area (Å²) in [6.07, 6.45) is 8.59. The van der Waals surface area contributed by atoms with Gasteiger partial charge in [0.15, 0.2) is 0 Å². The normalized spacial score (nSPS) is 14.6. The van der Waals surface area contributed by atoms with Crippen molar-refractivity contribution in [3.63, 3.8) is 0 Å². The second-order valence-corrected chi connectivity index (χ2v) is 7.45. The van der Waals surface area contributed by atoms with Crippen molar-refractivity contribution >= 4 is 11.3 Å². The van der Waals surface area contributed by atoms with E-state index in [0.29, 0.717) is 0 Å². The molecule has 0 aliphatic heterocycles. The molecule has 0 saturated heterocycles. The molecule has 0 aliphatic carbocycles. The van der Waals surface area contributed by atoms with Crippen LogP contribution in [0.25, 0.3) is 0 Å². The first-order chi connectivity index (χ1) is 10.0. The summed E-state index contributed by atoms with van der Waals surface area (Å²) in [7, 11) is 0. The van der Waals surface area contributed by atoms with Gasteiger partial charge in [-0.05, 0) is 25.0 Å². The Bertz CT molecular complexity index is 386. The molecule has 1 aromatic heterocycles. The van der Waals surface area contributed by atoms with Gasteiger partial charge in [0.1, 0.15) is 0 Å². The number of alkyl halides is 2. The Morgan fingerprint density at radius 2 is 1.57 bits per heavy atom. The lowest BCUT2D eigenvalue weighted by atomic mass is 9.78. The minimum absolute atomic E-state index is 0.0834. The standard InChI is InChI=1S/C18H30F2S/c1-4-6-8-9-10-14-18(3,13-7-5-2)16-12-11-15(21-16)17(19)20/h11-12,17H,4-10,13-14H2,1-3H3. The van der Waals surface area contributed by atoms with E-state index >= 15 is 0 Å². The molecule has 0 saturated carbocycles. The molecule has 0 radical (unpaired) electrons. The second-order valence-electron chi connectivity index (χ2n) is 6.33. The molecular formula is C18H30F2S. The molecule has 1 heterocycles. The fourth-order valence-corrected chi connectivity index (χ4v) is 3.92. The topological polar surface area (TPSA) is 0 Å². The number of halogens is 2. The van der Waals surface area contributed by atoms with Crippen LogP contribution in [0.4, 0.5) is 8.78 Å². The number of rotatable bonds is 11. The Morgan fingerprint density at radius 1 is 0.952 bits per heavy atom. The van der Waals surface area contributed by atoms with Gasteiger partial charge in [-0.3, -0.25) is 0 Å². The van der Waals surface area contributed by atoms with Crippen LogP contribution >= 0.6 is 11.3 Å². The van der Waals surface area contributed by atoms with Crippen molar-refractivity contribution in [1.82, 2.24) is 0 Å². The highest BCUT2D eigenvalue weighted by Gasteiger charge is 2.28. The van der Waals surface area contributed by atoms with Gasteiger partial charge in [-0.15, -0.1) is 11.3 Å². The van der Waals surface area contributed by atoms with E-state index in [0.717, 1.165) is 17.7 Å². The zero-order valence-electron chi connectivity index (χ0n) is 13.8. The molecule has 1 unspecified atom stereocenters. The average molecular weight is 317 g/mol. The van der Waals surface area contributed by atoms with Crippen LogP contribution in [-0.2, 0) is 5.41 Å². The fourth-order valence-electron chi connectivity index (χ4n) is 2.85. The van der Waals surface area contributed by atoms with Gasteiger partial charge in [0.25, 0.3) is 6.43 Å². The van der Waals surface area contributed by atoms with Crippen LogP contribution in [0.1, 0.15) is 94.7 Å². The number of hydrogen-bond acceptors (Lipinski definition) is 1. The summed E-state index contributed by atoms with van der Waals surface area (Å²) in [6, 6.07) is 3.56. The van der Waals surface area contributed by atoms with E-state index in [-0.39, 0.29) is 10.3 Å². The lowest BCUT2D eigenvalue weighted by Gasteiger charge is -2.29. The van der Waals surface area contributed by atoms with E-state index in [1.54, 1.807) is 6.07 Å². The van der Waals surface area contributed by atoms with Crippen molar-refractivity contribution < 1.29 is 8.78 Å². The minimum Gasteiger partial charge on any atom is -0.204 e. The summed E-state index contributed by atoms with van der Waals surface area (Å²) in [5.41, 5.74) is 0.0834. The van der Waals surface area contributed by atoms with Crippen molar-refractivity contribution in [2.24, 2.45) is 0 Å². The molecule has 0 aliphatic rings. The van der Waals surface area contributed by atoms with E-state index in [2.05, 4.69) is 20.8 Å². The van der Waals surface area contributed by atoms with Gasteiger partial charge in [-0.2, -0.15) is 0 Å². The summed E-state index contributed by atoms with van der Waals surface area (Å²) in [6.45, 7) is 6.69. The van der Waals surface area contributed by atoms with Crippen LogP contribution in [0.2, 0.25) is 0 Å². The van der Waals surface area contributed by atoms with E-state index in [9.17, 15) is 8.78 Å². The third kappa shape index (κ3) is 6.06. The average Bonchev–Trinajstić information content (AvgIpc) is 2.95. The largest absolute Gasteiger partial charge is 0.272 e. The zero-order valence-corrected chi connectivity index (χ0v) is 14.6. The third-order valence-electron chi connectivity index (χ3n) is 4.35. The Kier molecular flexibility index (Phi) is 8.46. The maximum atomic E-state index is 12.8. The molecule has 122 valence electrons. The quantitative estimate of drug-likeness (QED) is 0.371. The van der Waals surface area contributed by atoms with Gasteiger partial charge in [-0.25, -0.2) is 8.78 Å². The van der Waals surface area contributed by atoms with Crippen molar-refractivity contribution in [1.29, 1.82) is 0 Å². The summed E-state index contributed by atoms with van der Waals surface area (Å²) >= 11 is 1.32. The molecule has 0 nitrogen and oxygen atoms in total. The Morgan fingerprint density at radius 3 is 2.14 bits per heavy atom. The fraction of sp³-hybridized carbons (Fsp3) is 0.778.